The lowest BCUT2D eigenvalue weighted by Gasteiger charge is -2.18. The molecule has 0 aliphatic carbocycles. The van der Waals surface area contributed by atoms with E-state index in [0.29, 0.717) is 12.3 Å². The van der Waals surface area contributed by atoms with E-state index in [1.165, 1.54) is 4.90 Å². The van der Waals surface area contributed by atoms with E-state index in [1.54, 1.807) is 12.1 Å². The zero-order valence-electron chi connectivity index (χ0n) is 14.0. The summed E-state index contributed by atoms with van der Waals surface area (Å²) in [5.41, 5.74) is 0.624. The van der Waals surface area contributed by atoms with Crippen LogP contribution in [0.4, 0.5) is 5.69 Å². The summed E-state index contributed by atoms with van der Waals surface area (Å²) in [6, 6.07) is 7.19. The van der Waals surface area contributed by atoms with Gasteiger partial charge >= 0.3 is 0 Å². The first-order valence-electron chi connectivity index (χ1n) is 8.47. The summed E-state index contributed by atoms with van der Waals surface area (Å²) in [4.78, 5) is 28.8. The van der Waals surface area contributed by atoms with Crippen molar-refractivity contribution in [2.24, 2.45) is 11.8 Å². The lowest BCUT2D eigenvalue weighted by atomic mass is 9.81. The van der Waals surface area contributed by atoms with Crippen LogP contribution in [0.25, 0.3) is 0 Å². The van der Waals surface area contributed by atoms with E-state index in [0.717, 1.165) is 25.1 Å². The molecule has 0 aromatic heterocycles. The van der Waals surface area contributed by atoms with Crippen molar-refractivity contribution in [3.8, 4) is 5.75 Å². The van der Waals surface area contributed by atoms with Crippen molar-refractivity contribution in [1.82, 2.24) is 4.90 Å². The van der Waals surface area contributed by atoms with Crippen LogP contribution in [-0.2, 0) is 14.3 Å². The fourth-order valence-electron chi connectivity index (χ4n) is 4.00. The summed E-state index contributed by atoms with van der Waals surface area (Å²) in [5.74, 6) is -0.0558. The number of benzene rings is 1. The second-order valence-corrected chi connectivity index (χ2v) is 7.00. The molecule has 2 unspecified atom stereocenters. The van der Waals surface area contributed by atoms with Crippen LogP contribution >= 0.6 is 0 Å². The molecule has 0 spiro atoms. The fraction of sp³-hybridized carbons (Fsp3) is 0.556. The zero-order valence-corrected chi connectivity index (χ0v) is 14.0. The van der Waals surface area contributed by atoms with Gasteiger partial charge in [-0.25, -0.2) is 4.90 Å². The SMILES string of the molecule is CN(C)CCOc1ccc(N2C(=O)C3C(C2=O)[C@H]2CC[C@@H]3O2)cc1. The van der Waals surface area contributed by atoms with Gasteiger partial charge in [0.25, 0.3) is 0 Å². The highest BCUT2D eigenvalue weighted by molar-refractivity contribution is 6.22. The van der Waals surface area contributed by atoms with Crippen molar-refractivity contribution in [1.29, 1.82) is 0 Å². The van der Waals surface area contributed by atoms with Gasteiger partial charge in [-0.15, -0.1) is 0 Å². The molecule has 4 rings (SSSR count). The molecule has 6 heteroatoms. The molecule has 3 fully saturated rings. The zero-order chi connectivity index (χ0) is 16.8. The molecule has 128 valence electrons. The maximum Gasteiger partial charge on any atom is 0.240 e. The van der Waals surface area contributed by atoms with E-state index in [9.17, 15) is 9.59 Å². The number of ether oxygens (including phenoxy) is 2. The monoisotopic (exact) mass is 330 g/mol. The maximum absolute atomic E-state index is 12.7. The van der Waals surface area contributed by atoms with Crippen LogP contribution < -0.4 is 9.64 Å². The van der Waals surface area contributed by atoms with E-state index < -0.39 is 0 Å². The topological polar surface area (TPSA) is 59.1 Å². The minimum absolute atomic E-state index is 0.0740. The smallest absolute Gasteiger partial charge is 0.240 e. The van der Waals surface area contributed by atoms with Crippen molar-refractivity contribution in [3.63, 3.8) is 0 Å². The highest BCUT2D eigenvalue weighted by Gasteiger charge is 2.62. The molecule has 1 aromatic carbocycles. The second-order valence-electron chi connectivity index (χ2n) is 7.00. The first kappa shape index (κ1) is 15.6. The molecule has 3 saturated heterocycles. The molecular weight excluding hydrogens is 308 g/mol. The molecule has 6 nitrogen and oxygen atoms in total. The van der Waals surface area contributed by atoms with Crippen LogP contribution in [0.2, 0.25) is 0 Å². The quantitative estimate of drug-likeness (QED) is 0.762. The third-order valence-corrected chi connectivity index (χ3v) is 5.19. The minimum atomic E-state index is -0.285. The summed E-state index contributed by atoms with van der Waals surface area (Å²) in [6.07, 6.45) is 1.62. The summed E-state index contributed by atoms with van der Waals surface area (Å²) >= 11 is 0. The third-order valence-electron chi connectivity index (χ3n) is 5.19. The highest BCUT2D eigenvalue weighted by atomic mass is 16.5. The van der Waals surface area contributed by atoms with Gasteiger partial charge in [-0.1, -0.05) is 0 Å². The Hall–Kier alpha value is -1.92. The number of carbonyl (C=O) groups excluding carboxylic acids is 2. The number of imide groups is 1. The Bertz CT molecular complexity index is 629. The Kier molecular flexibility index (Phi) is 3.81. The van der Waals surface area contributed by atoms with Gasteiger partial charge in [0, 0.05) is 6.54 Å². The van der Waals surface area contributed by atoms with Gasteiger partial charge in [0.05, 0.1) is 29.7 Å². The summed E-state index contributed by atoms with van der Waals surface area (Å²) in [5, 5.41) is 0. The van der Waals surface area contributed by atoms with Crippen molar-refractivity contribution in [2.45, 2.75) is 25.0 Å². The largest absolute Gasteiger partial charge is 0.492 e. The number of hydrogen-bond donors (Lipinski definition) is 0. The van der Waals surface area contributed by atoms with Gasteiger partial charge in [0.2, 0.25) is 11.8 Å². The van der Waals surface area contributed by atoms with Crippen molar-refractivity contribution in [2.75, 3.05) is 32.1 Å². The maximum atomic E-state index is 12.7. The first-order chi connectivity index (χ1) is 11.6. The van der Waals surface area contributed by atoms with Crippen molar-refractivity contribution >= 4 is 17.5 Å². The minimum Gasteiger partial charge on any atom is -0.492 e. The molecule has 0 saturated carbocycles. The number of amides is 2. The van der Waals surface area contributed by atoms with Crippen molar-refractivity contribution in [3.05, 3.63) is 24.3 Å². The molecule has 2 amide bonds. The Morgan fingerprint density at radius 2 is 1.67 bits per heavy atom. The van der Waals surface area contributed by atoms with E-state index >= 15 is 0 Å². The predicted octanol–water partition coefficient (Wildman–Crippen LogP) is 1.29. The molecule has 1 aromatic rings. The van der Waals surface area contributed by atoms with Crippen LogP contribution in [-0.4, -0.2) is 56.2 Å². The van der Waals surface area contributed by atoms with Gasteiger partial charge < -0.3 is 14.4 Å². The van der Waals surface area contributed by atoms with Gasteiger partial charge in [-0.05, 0) is 51.2 Å². The molecule has 0 N–H and O–H groups in total. The summed E-state index contributed by atoms with van der Waals surface area (Å²) in [6.45, 7) is 1.43. The van der Waals surface area contributed by atoms with Crippen LogP contribution in [0, 0.1) is 11.8 Å². The molecule has 24 heavy (non-hydrogen) atoms. The fourth-order valence-corrected chi connectivity index (χ4v) is 4.00. The number of carbonyl (C=O) groups is 2. The summed E-state index contributed by atoms with van der Waals surface area (Å²) < 4.78 is 11.4. The Labute approximate surface area is 141 Å². The Balaban J connectivity index is 1.48. The Morgan fingerprint density at radius 3 is 2.21 bits per heavy atom. The molecule has 4 atom stereocenters. The van der Waals surface area contributed by atoms with Crippen LogP contribution in [0.1, 0.15) is 12.8 Å². The van der Waals surface area contributed by atoms with Crippen LogP contribution in [0.3, 0.4) is 0 Å². The molecule has 3 aliphatic rings. The number of hydrogen-bond acceptors (Lipinski definition) is 5. The number of rotatable bonds is 5. The van der Waals surface area contributed by atoms with Gasteiger partial charge in [0.15, 0.2) is 0 Å². The Morgan fingerprint density at radius 1 is 1.08 bits per heavy atom. The van der Waals surface area contributed by atoms with Crippen molar-refractivity contribution < 1.29 is 19.1 Å². The average Bonchev–Trinajstić information content (AvgIpc) is 3.22. The number of likely N-dealkylation sites (N-methyl/N-ethyl adjacent to an activating group) is 1. The van der Waals surface area contributed by atoms with Crippen LogP contribution in [0.5, 0.6) is 5.75 Å². The molecular formula is C18H22N2O4. The number of fused-ring (bicyclic) bond motifs is 5. The van der Waals surface area contributed by atoms with E-state index in [4.69, 9.17) is 9.47 Å². The number of anilines is 1. The lowest BCUT2D eigenvalue weighted by molar-refractivity contribution is -0.124. The normalized spacial score (nSPS) is 31.2. The van der Waals surface area contributed by atoms with Gasteiger partial charge in [0.1, 0.15) is 12.4 Å². The van der Waals surface area contributed by atoms with Gasteiger partial charge in [-0.2, -0.15) is 0 Å². The van der Waals surface area contributed by atoms with Crippen LogP contribution in [0.15, 0.2) is 24.3 Å². The second kappa shape index (κ2) is 5.86. The van der Waals surface area contributed by atoms with E-state index in [1.807, 2.05) is 31.1 Å². The molecule has 2 bridgehead atoms. The average molecular weight is 330 g/mol. The standard InChI is InChI=1S/C18H22N2O4/c1-19(2)9-10-23-12-5-3-11(4-6-12)20-17(21)15-13-7-8-14(24-13)16(15)18(20)22/h3-6,13-16H,7-10H2,1-2H3/t13-,14+,15?,16?. The van der Waals surface area contributed by atoms with Gasteiger partial charge in [-0.3, -0.25) is 9.59 Å². The molecule has 0 radical (unpaired) electrons. The lowest BCUT2D eigenvalue weighted by Crippen LogP contribution is -2.34. The predicted molar refractivity (Wildman–Crippen MR) is 87.9 cm³/mol. The third kappa shape index (κ3) is 2.41. The van der Waals surface area contributed by atoms with E-state index in [-0.39, 0.29) is 35.9 Å². The van der Waals surface area contributed by atoms with E-state index in [2.05, 4.69) is 0 Å². The highest BCUT2D eigenvalue weighted by Crippen LogP contribution is 2.49. The first-order valence-corrected chi connectivity index (χ1v) is 8.47. The molecule has 3 aliphatic heterocycles. The number of nitrogens with zero attached hydrogens (tertiary/aromatic N) is 2. The molecule has 3 heterocycles. The summed E-state index contributed by atoms with van der Waals surface area (Å²) in [7, 11) is 3.98.